The number of rotatable bonds is 3. The van der Waals surface area contributed by atoms with Gasteiger partial charge in [-0.25, -0.2) is 4.39 Å². The summed E-state index contributed by atoms with van der Waals surface area (Å²) in [6.07, 6.45) is 0. The van der Waals surface area contributed by atoms with Crippen LogP contribution in [0.25, 0.3) is 0 Å². The van der Waals surface area contributed by atoms with Crippen LogP contribution in [0.15, 0.2) is 12.1 Å². The molecule has 0 spiro atoms. The number of halogens is 1. The van der Waals surface area contributed by atoms with E-state index in [-0.39, 0.29) is 11.4 Å². The van der Waals surface area contributed by atoms with Crippen molar-refractivity contribution in [3.8, 4) is 0 Å². The van der Waals surface area contributed by atoms with Crippen LogP contribution < -0.4 is 5.32 Å². The lowest BCUT2D eigenvalue weighted by Crippen LogP contribution is -2.38. The van der Waals surface area contributed by atoms with Gasteiger partial charge in [-0.1, -0.05) is 0 Å². The molecule has 0 radical (unpaired) electrons. The number of benzene rings is 1. The van der Waals surface area contributed by atoms with Gasteiger partial charge in [0.15, 0.2) is 0 Å². The number of carbonyl (C=O) groups excluding carboxylic acids is 1. The number of hydrogen-bond donors (Lipinski definition) is 2. The predicted molar refractivity (Wildman–Crippen MR) is 60.4 cm³/mol. The number of aryl methyl sites for hydroxylation is 2. The molecular weight excluding hydrogens is 225 g/mol. The number of amides is 1. The molecule has 1 amide bonds. The highest BCUT2D eigenvalue weighted by Crippen LogP contribution is 2.14. The third kappa shape index (κ3) is 3.03. The summed E-state index contributed by atoms with van der Waals surface area (Å²) >= 11 is 0. The zero-order valence-electron chi connectivity index (χ0n) is 9.87. The van der Waals surface area contributed by atoms with Gasteiger partial charge in [0.25, 0.3) is 5.91 Å². The average Bonchev–Trinajstić information content (AvgIpc) is 2.24. The molecule has 1 aromatic rings. The maximum Gasteiger partial charge on any atom is 0.325 e. The van der Waals surface area contributed by atoms with Crippen LogP contribution in [0.4, 0.5) is 4.39 Å². The largest absolute Gasteiger partial charge is 0.480 e. The minimum absolute atomic E-state index is 0.259. The summed E-state index contributed by atoms with van der Waals surface area (Å²) in [7, 11) is 0. The van der Waals surface area contributed by atoms with E-state index in [4.69, 9.17) is 5.11 Å². The number of carbonyl (C=O) groups is 2. The first kappa shape index (κ1) is 13.2. The lowest BCUT2D eigenvalue weighted by atomic mass is 10.1. The number of carboxylic acids is 1. The Bertz CT molecular complexity index is 448. The SMILES string of the molecule is Cc1cc(C(=O)N[C@@H](C)C(=O)O)cc(C)c1F. The summed E-state index contributed by atoms with van der Waals surface area (Å²) in [5.74, 6) is -1.99. The van der Waals surface area contributed by atoms with Crippen molar-refractivity contribution in [3.05, 3.63) is 34.6 Å². The molecule has 0 heterocycles. The molecule has 0 aliphatic carbocycles. The molecule has 2 N–H and O–H groups in total. The molecule has 0 aliphatic heterocycles. The van der Waals surface area contributed by atoms with Gasteiger partial charge in [0, 0.05) is 5.56 Å². The van der Waals surface area contributed by atoms with Crippen LogP contribution in [0, 0.1) is 19.7 Å². The molecule has 0 aliphatic rings. The Morgan fingerprint density at radius 1 is 1.29 bits per heavy atom. The standard InChI is InChI=1S/C12H14FNO3/c1-6-4-9(5-7(2)10(6)13)11(15)14-8(3)12(16)17/h4-5,8H,1-3H3,(H,14,15)(H,16,17)/t8-/m0/s1. The second kappa shape index (κ2) is 4.95. The molecular formula is C12H14FNO3. The Kier molecular flexibility index (Phi) is 3.83. The van der Waals surface area contributed by atoms with Crippen molar-refractivity contribution in [2.24, 2.45) is 0 Å². The fourth-order valence-electron chi connectivity index (χ4n) is 1.42. The Labute approximate surface area is 98.5 Å². The van der Waals surface area contributed by atoms with Crippen LogP contribution in [0.5, 0.6) is 0 Å². The van der Waals surface area contributed by atoms with E-state index in [1.165, 1.54) is 19.1 Å². The number of aliphatic carboxylic acids is 1. The summed E-state index contributed by atoms with van der Waals surface area (Å²) in [5, 5.41) is 11.0. The van der Waals surface area contributed by atoms with Crippen molar-refractivity contribution in [2.75, 3.05) is 0 Å². The van der Waals surface area contributed by atoms with E-state index < -0.39 is 17.9 Å². The van der Waals surface area contributed by atoms with Crippen LogP contribution in [0.1, 0.15) is 28.4 Å². The quantitative estimate of drug-likeness (QED) is 0.842. The van der Waals surface area contributed by atoms with Crippen molar-refractivity contribution in [1.82, 2.24) is 5.32 Å². The highest BCUT2D eigenvalue weighted by atomic mass is 19.1. The fraction of sp³-hybridized carbons (Fsp3) is 0.333. The molecule has 1 rings (SSSR count). The highest BCUT2D eigenvalue weighted by Gasteiger charge is 2.16. The molecule has 17 heavy (non-hydrogen) atoms. The topological polar surface area (TPSA) is 66.4 Å². The summed E-state index contributed by atoms with van der Waals surface area (Å²) < 4.78 is 13.3. The maximum atomic E-state index is 13.3. The Hall–Kier alpha value is -1.91. The van der Waals surface area contributed by atoms with Gasteiger partial charge in [-0.3, -0.25) is 9.59 Å². The number of nitrogens with one attached hydrogen (secondary N) is 1. The molecule has 1 atom stereocenters. The van der Waals surface area contributed by atoms with Crippen molar-refractivity contribution in [3.63, 3.8) is 0 Å². The molecule has 5 heteroatoms. The van der Waals surface area contributed by atoms with Crippen LogP contribution >= 0.6 is 0 Å². The summed E-state index contributed by atoms with van der Waals surface area (Å²) in [4.78, 5) is 22.3. The van der Waals surface area contributed by atoms with Crippen molar-refractivity contribution >= 4 is 11.9 Å². The minimum atomic E-state index is -1.12. The lowest BCUT2D eigenvalue weighted by molar-refractivity contribution is -0.138. The first-order chi connectivity index (χ1) is 7.82. The van der Waals surface area contributed by atoms with E-state index in [1.54, 1.807) is 13.8 Å². The second-order valence-corrected chi connectivity index (χ2v) is 3.96. The van der Waals surface area contributed by atoms with E-state index in [0.717, 1.165) is 0 Å². The molecule has 4 nitrogen and oxygen atoms in total. The minimum Gasteiger partial charge on any atom is -0.480 e. The van der Waals surface area contributed by atoms with Gasteiger partial charge in [-0.15, -0.1) is 0 Å². The van der Waals surface area contributed by atoms with Crippen molar-refractivity contribution < 1.29 is 19.1 Å². The summed E-state index contributed by atoms with van der Waals surface area (Å²) in [5.41, 5.74) is 0.978. The van der Waals surface area contributed by atoms with E-state index in [9.17, 15) is 14.0 Å². The molecule has 1 aromatic carbocycles. The number of hydrogen-bond acceptors (Lipinski definition) is 2. The summed E-state index contributed by atoms with van der Waals surface area (Å²) in [6.45, 7) is 4.48. The molecule has 0 fully saturated rings. The van der Waals surface area contributed by atoms with E-state index >= 15 is 0 Å². The highest BCUT2D eigenvalue weighted by molar-refractivity contribution is 5.96. The van der Waals surface area contributed by atoms with Gasteiger partial charge in [0.05, 0.1) is 0 Å². The molecule has 0 saturated heterocycles. The Morgan fingerprint density at radius 2 is 1.76 bits per heavy atom. The van der Waals surface area contributed by atoms with E-state index in [1.807, 2.05) is 0 Å². The van der Waals surface area contributed by atoms with E-state index in [2.05, 4.69) is 5.32 Å². The zero-order valence-corrected chi connectivity index (χ0v) is 9.87. The average molecular weight is 239 g/mol. The van der Waals surface area contributed by atoms with Gasteiger partial charge in [0.1, 0.15) is 11.9 Å². The third-order valence-corrected chi connectivity index (χ3v) is 2.42. The fourth-order valence-corrected chi connectivity index (χ4v) is 1.42. The maximum absolute atomic E-state index is 13.3. The lowest BCUT2D eigenvalue weighted by Gasteiger charge is -2.10. The monoisotopic (exact) mass is 239 g/mol. The second-order valence-electron chi connectivity index (χ2n) is 3.96. The van der Waals surface area contributed by atoms with Gasteiger partial charge < -0.3 is 10.4 Å². The predicted octanol–water partition coefficient (Wildman–Crippen LogP) is 1.65. The first-order valence-corrected chi connectivity index (χ1v) is 5.13. The van der Waals surface area contributed by atoms with Crippen molar-refractivity contribution in [2.45, 2.75) is 26.8 Å². The third-order valence-electron chi connectivity index (χ3n) is 2.42. The van der Waals surface area contributed by atoms with Gasteiger partial charge in [0.2, 0.25) is 0 Å². The first-order valence-electron chi connectivity index (χ1n) is 5.13. The van der Waals surface area contributed by atoms with Crippen LogP contribution in [-0.2, 0) is 4.79 Å². The van der Waals surface area contributed by atoms with Gasteiger partial charge in [-0.05, 0) is 44.0 Å². The summed E-state index contributed by atoms with van der Waals surface area (Å²) in [6, 6.07) is 1.81. The van der Waals surface area contributed by atoms with Crippen LogP contribution in [0.3, 0.4) is 0 Å². The molecule has 0 bridgehead atoms. The zero-order chi connectivity index (χ0) is 13.2. The van der Waals surface area contributed by atoms with Crippen LogP contribution in [0.2, 0.25) is 0 Å². The molecule has 0 saturated carbocycles. The molecule has 92 valence electrons. The van der Waals surface area contributed by atoms with Gasteiger partial charge >= 0.3 is 5.97 Å². The molecule has 0 aromatic heterocycles. The Morgan fingerprint density at radius 3 is 2.18 bits per heavy atom. The Balaban J connectivity index is 2.94. The van der Waals surface area contributed by atoms with E-state index in [0.29, 0.717) is 11.1 Å². The smallest absolute Gasteiger partial charge is 0.325 e. The van der Waals surface area contributed by atoms with Crippen LogP contribution in [-0.4, -0.2) is 23.0 Å². The van der Waals surface area contributed by atoms with Crippen molar-refractivity contribution in [1.29, 1.82) is 0 Å². The van der Waals surface area contributed by atoms with Gasteiger partial charge in [-0.2, -0.15) is 0 Å². The number of carboxylic acid groups (broad SMARTS) is 1. The molecule has 0 unspecified atom stereocenters. The normalized spacial score (nSPS) is 12.0.